The quantitative estimate of drug-likeness (QED) is 0.238. The summed E-state index contributed by atoms with van der Waals surface area (Å²) in [6, 6.07) is 0. The van der Waals surface area contributed by atoms with Crippen LogP contribution < -0.4 is 0 Å². The summed E-state index contributed by atoms with van der Waals surface area (Å²) in [7, 11) is 0. The van der Waals surface area contributed by atoms with E-state index in [9.17, 15) is 9.90 Å². The standard InChI is InChI=1S/C20H38O4S/c1-2-3-4-5-6-7-8-9-10-11-12-13-14-19(18(22)17-21)25-16-15-20(23)24/h13-14,18-19,21-22H,2-12,15-17H2,1H3,(H,23,24)/b14-13-. The first kappa shape index (κ1) is 24.5. The molecule has 0 bridgehead atoms. The highest BCUT2D eigenvalue weighted by atomic mass is 32.2. The number of unbranched alkanes of at least 4 members (excludes halogenated alkanes) is 10. The second kappa shape index (κ2) is 18.3. The number of aliphatic hydroxyl groups is 2. The number of allylic oxidation sites excluding steroid dienone is 1. The van der Waals surface area contributed by atoms with E-state index in [1.807, 2.05) is 6.08 Å². The summed E-state index contributed by atoms with van der Waals surface area (Å²) in [5, 5.41) is 27.3. The van der Waals surface area contributed by atoms with E-state index < -0.39 is 12.1 Å². The number of carboxylic acid groups (broad SMARTS) is 1. The van der Waals surface area contributed by atoms with Gasteiger partial charge in [0.15, 0.2) is 0 Å². The van der Waals surface area contributed by atoms with Crippen LogP contribution >= 0.6 is 11.8 Å². The fraction of sp³-hybridized carbons (Fsp3) is 0.850. The zero-order valence-corrected chi connectivity index (χ0v) is 16.7. The molecule has 0 aliphatic rings. The van der Waals surface area contributed by atoms with Gasteiger partial charge in [-0.3, -0.25) is 4.79 Å². The fourth-order valence-electron chi connectivity index (χ4n) is 2.66. The van der Waals surface area contributed by atoms with Gasteiger partial charge in [-0.15, -0.1) is 0 Å². The van der Waals surface area contributed by atoms with Crippen molar-refractivity contribution in [1.29, 1.82) is 0 Å². The monoisotopic (exact) mass is 374 g/mol. The van der Waals surface area contributed by atoms with Crippen LogP contribution in [0.2, 0.25) is 0 Å². The number of rotatable bonds is 18. The van der Waals surface area contributed by atoms with Crippen molar-refractivity contribution in [2.45, 2.75) is 95.3 Å². The van der Waals surface area contributed by atoms with E-state index in [1.54, 1.807) is 0 Å². The van der Waals surface area contributed by atoms with E-state index in [4.69, 9.17) is 10.2 Å². The van der Waals surface area contributed by atoms with Gasteiger partial charge in [-0.2, -0.15) is 11.8 Å². The Morgan fingerprint density at radius 3 is 2.08 bits per heavy atom. The van der Waals surface area contributed by atoms with E-state index in [1.165, 1.54) is 69.5 Å². The third-order valence-electron chi connectivity index (χ3n) is 4.24. The van der Waals surface area contributed by atoms with Crippen LogP contribution in [-0.4, -0.2) is 45.0 Å². The van der Waals surface area contributed by atoms with E-state index in [-0.39, 0.29) is 18.3 Å². The Labute approximate surface area is 158 Å². The van der Waals surface area contributed by atoms with Crippen molar-refractivity contribution in [3.8, 4) is 0 Å². The SMILES string of the molecule is CCCCCCCCCCCC/C=C\C(SCCC(=O)O)C(O)CO. The maximum absolute atomic E-state index is 10.5. The van der Waals surface area contributed by atoms with Crippen LogP contribution in [-0.2, 0) is 4.79 Å². The lowest BCUT2D eigenvalue weighted by molar-refractivity contribution is -0.136. The summed E-state index contributed by atoms with van der Waals surface area (Å²) >= 11 is 1.39. The second-order valence-corrected chi connectivity index (χ2v) is 7.91. The molecule has 25 heavy (non-hydrogen) atoms. The smallest absolute Gasteiger partial charge is 0.304 e. The lowest BCUT2D eigenvalue weighted by Gasteiger charge is -2.17. The summed E-state index contributed by atoms with van der Waals surface area (Å²) in [6.07, 6.45) is 17.4. The van der Waals surface area contributed by atoms with E-state index in [0.29, 0.717) is 5.75 Å². The van der Waals surface area contributed by atoms with Crippen molar-refractivity contribution in [3.05, 3.63) is 12.2 Å². The zero-order chi connectivity index (χ0) is 18.8. The number of carbonyl (C=O) groups is 1. The van der Waals surface area contributed by atoms with Gasteiger partial charge in [0.05, 0.1) is 24.4 Å². The average Bonchev–Trinajstić information content (AvgIpc) is 2.60. The van der Waals surface area contributed by atoms with Crippen LogP contribution in [0.15, 0.2) is 12.2 Å². The molecule has 0 rings (SSSR count). The minimum absolute atomic E-state index is 0.0750. The Morgan fingerprint density at radius 1 is 1.00 bits per heavy atom. The topological polar surface area (TPSA) is 77.8 Å². The van der Waals surface area contributed by atoms with Gasteiger partial charge in [-0.05, 0) is 12.8 Å². The van der Waals surface area contributed by atoms with Crippen LogP contribution in [0.3, 0.4) is 0 Å². The minimum atomic E-state index is -0.834. The fourth-order valence-corrected chi connectivity index (χ4v) is 3.76. The van der Waals surface area contributed by atoms with Gasteiger partial charge < -0.3 is 15.3 Å². The Hall–Kier alpha value is -0.520. The van der Waals surface area contributed by atoms with Crippen LogP contribution in [0.1, 0.15) is 84.0 Å². The molecule has 2 unspecified atom stereocenters. The van der Waals surface area contributed by atoms with E-state index in [2.05, 4.69) is 13.0 Å². The molecule has 0 fully saturated rings. The summed E-state index contributed by atoms with van der Waals surface area (Å²) in [6.45, 7) is 1.95. The van der Waals surface area contributed by atoms with Gasteiger partial charge in [0.2, 0.25) is 0 Å². The number of thioether (sulfide) groups is 1. The van der Waals surface area contributed by atoms with Crippen LogP contribution in [0, 0.1) is 0 Å². The molecule has 0 aromatic rings. The van der Waals surface area contributed by atoms with Crippen molar-refractivity contribution in [2.75, 3.05) is 12.4 Å². The Kier molecular flexibility index (Phi) is 17.9. The molecule has 5 heteroatoms. The van der Waals surface area contributed by atoms with Crippen LogP contribution in [0.5, 0.6) is 0 Å². The average molecular weight is 375 g/mol. The van der Waals surface area contributed by atoms with Gasteiger partial charge in [-0.1, -0.05) is 76.9 Å². The minimum Gasteiger partial charge on any atom is -0.481 e. The summed E-state index contributed by atoms with van der Waals surface area (Å²) < 4.78 is 0. The Bertz CT molecular complexity index is 334. The lowest BCUT2D eigenvalue weighted by atomic mass is 10.1. The predicted molar refractivity (Wildman–Crippen MR) is 107 cm³/mol. The maximum atomic E-state index is 10.5. The molecule has 0 heterocycles. The molecule has 148 valence electrons. The normalized spacial score (nSPS) is 14.0. The van der Waals surface area contributed by atoms with Gasteiger partial charge >= 0.3 is 5.97 Å². The largest absolute Gasteiger partial charge is 0.481 e. The number of hydrogen-bond acceptors (Lipinski definition) is 4. The summed E-state index contributed by atoms with van der Waals surface area (Å²) in [5.41, 5.74) is 0. The molecular formula is C20H38O4S. The first-order valence-corrected chi connectivity index (χ1v) is 11.0. The molecule has 0 aromatic heterocycles. The van der Waals surface area contributed by atoms with Crippen molar-refractivity contribution in [3.63, 3.8) is 0 Å². The van der Waals surface area contributed by atoms with Crippen molar-refractivity contribution >= 4 is 17.7 Å². The summed E-state index contributed by atoms with van der Waals surface area (Å²) in [4.78, 5) is 10.5. The maximum Gasteiger partial charge on any atom is 0.304 e. The van der Waals surface area contributed by atoms with Gasteiger partial charge in [-0.25, -0.2) is 0 Å². The van der Waals surface area contributed by atoms with Crippen molar-refractivity contribution in [1.82, 2.24) is 0 Å². The molecule has 2 atom stereocenters. The highest BCUT2D eigenvalue weighted by Crippen LogP contribution is 2.18. The molecule has 3 N–H and O–H groups in total. The number of carboxylic acids is 1. The van der Waals surface area contributed by atoms with E-state index in [0.717, 1.165) is 12.8 Å². The first-order valence-electron chi connectivity index (χ1n) is 9.90. The Morgan fingerprint density at radius 2 is 1.56 bits per heavy atom. The van der Waals surface area contributed by atoms with Crippen molar-refractivity contribution < 1.29 is 20.1 Å². The third-order valence-corrected chi connectivity index (χ3v) is 5.54. The van der Waals surface area contributed by atoms with Gasteiger partial charge in [0, 0.05) is 5.75 Å². The molecule has 0 saturated carbocycles. The third kappa shape index (κ3) is 16.7. The zero-order valence-electron chi connectivity index (χ0n) is 15.9. The second-order valence-electron chi connectivity index (χ2n) is 6.63. The number of hydrogen-bond donors (Lipinski definition) is 3. The molecule has 0 amide bonds. The number of aliphatic carboxylic acids is 1. The highest BCUT2D eigenvalue weighted by molar-refractivity contribution is 8.00. The molecule has 4 nitrogen and oxygen atoms in total. The number of aliphatic hydroxyl groups excluding tert-OH is 2. The predicted octanol–water partition coefficient (Wildman–Crippen LogP) is 4.78. The lowest BCUT2D eigenvalue weighted by Crippen LogP contribution is -2.25. The first-order chi connectivity index (χ1) is 12.1. The summed E-state index contributed by atoms with van der Waals surface area (Å²) in [5.74, 6) is -0.390. The van der Waals surface area contributed by atoms with Gasteiger partial charge in [0.25, 0.3) is 0 Å². The highest BCUT2D eigenvalue weighted by Gasteiger charge is 2.16. The van der Waals surface area contributed by atoms with Crippen LogP contribution in [0.25, 0.3) is 0 Å². The molecular weight excluding hydrogens is 336 g/mol. The molecule has 0 radical (unpaired) electrons. The van der Waals surface area contributed by atoms with Crippen LogP contribution in [0.4, 0.5) is 0 Å². The molecule has 0 saturated heterocycles. The van der Waals surface area contributed by atoms with E-state index >= 15 is 0 Å². The van der Waals surface area contributed by atoms with Gasteiger partial charge in [0.1, 0.15) is 0 Å². The Balaban J connectivity index is 3.67. The molecule has 0 aromatic carbocycles. The molecule has 0 spiro atoms. The van der Waals surface area contributed by atoms with Crippen molar-refractivity contribution in [2.24, 2.45) is 0 Å². The molecule has 0 aliphatic carbocycles. The molecule has 0 aliphatic heterocycles.